The zero-order valence-corrected chi connectivity index (χ0v) is 18.2. The first-order valence-electron chi connectivity index (χ1n) is 11.1. The normalized spacial score (nSPS) is 19.8. The largest absolute Gasteiger partial charge is 0.376 e. The Morgan fingerprint density at radius 1 is 1.04 bits per heavy atom. The summed E-state index contributed by atoms with van der Waals surface area (Å²) < 4.78 is 28.6. The van der Waals surface area contributed by atoms with Gasteiger partial charge in [0.15, 0.2) is 5.79 Å². The molecular formula is C23H42O5. The second-order valence-electron chi connectivity index (χ2n) is 7.70. The first-order valence-corrected chi connectivity index (χ1v) is 11.1. The highest BCUT2D eigenvalue weighted by atomic mass is 16.8. The Morgan fingerprint density at radius 3 is 2.25 bits per heavy atom. The molecule has 2 unspecified atom stereocenters. The molecule has 0 aromatic rings. The Morgan fingerprint density at radius 2 is 1.68 bits per heavy atom. The molecular weight excluding hydrogens is 356 g/mol. The summed E-state index contributed by atoms with van der Waals surface area (Å²) in [4.78, 5) is 0. The van der Waals surface area contributed by atoms with E-state index in [2.05, 4.69) is 20.4 Å². The molecule has 1 rings (SSSR count). The fourth-order valence-corrected chi connectivity index (χ4v) is 3.47. The van der Waals surface area contributed by atoms with E-state index in [1.165, 1.54) is 38.5 Å². The molecule has 0 saturated carbocycles. The van der Waals surface area contributed by atoms with Gasteiger partial charge in [0.1, 0.15) is 19.3 Å². The van der Waals surface area contributed by atoms with Crippen molar-refractivity contribution in [3.63, 3.8) is 0 Å². The minimum Gasteiger partial charge on any atom is -0.376 e. The fraction of sp³-hybridized carbons (Fsp3) is 0.870. The lowest BCUT2D eigenvalue weighted by Crippen LogP contribution is -2.32. The standard InChI is InChI=1S/C23H42O5/c1-5-8-10-12-14-23(15-13-11-9-6-2)27-20-22(28-23)19-26-18-21(24-4)17-25-16-7-3/h4,7,21-22H,3,5-6,8-20H2,1-2H3. The molecule has 0 aromatic carbocycles. The predicted molar refractivity (Wildman–Crippen MR) is 112 cm³/mol. The van der Waals surface area contributed by atoms with Crippen LogP contribution in [0.1, 0.15) is 78.1 Å². The topological polar surface area (TPSA) is 46.2 Å². The van der Waals surface area contributed by atoms with Crippen molar-refractivity contribution in [3.8, 4) is 0 Å². The second kappa shape index (κ2) is 16.3. The number of ether oxygens (including phenoxy) is 5. The summed E-state index contributed by atoms with van der Waals surface area (Å²) in [5, 5.41) is 0. The van der Waals surface area contributed by atoms with Gasteiger partial charge in [-0.2, -0.15) is 0 Å². The molecule has 1 heterocycles. The van der Waals surface area contributed by atoms with Crippen molar-refractivity contribution < 1.29 is 23.7 Å². The number of rotatable bonds is 19. The van der Waals surface area contributed by atoms with Gasteiger partial charge in [-0.15, -0.1) is 6.58 Å². The van der Waals surface area contributed by atoms with Crippen molar-refractivity contribution in [1.82, 2.24) is 0 Å². The molecule has 0 spiro atoms. The number of hydrogen-bond acceptors (Lipinski definition) is 5. The molecule has 0 bridgehead atoms. The molecule has 5 heteroatoms. The van der Waals surface area contributed by atoms with Gasteiger partial charge < -0.3 is 23.7 Å². The van der Waals surface area contributed by atoms with E-state index >= 15 is 0 Å². The molecule has 0 aromatic heterocycles. The van der Waals surface area contributed by atoms with E-state index in [9.17, 15) is 0 Å². The quantitative estimate of drug-likeness (QED) is 0.218. The van der Waals surface area contributed by atoms with Gasteiger partial charge in [0.05, 0.1) is 33.0 Å². The average Bonchev–Trinajstić information content (AvgIpc) is 3.11. The van der Waals surface area contributed by atoms with Gasteiger partial charge in [-0.05, 0) is 12.8 Å². The van der Waals surface area contributed by atoms with Gasteiger partial charge in [0, 0.05) is 12.8 Å². The molecule has 0 amide bonds. The first-order chi connectivity index (χ1) is 13.7. The Balaban J connectivity index is 2.37. The van der Waals surface area contributed by atoms with Crippen molar-refractivity contribution in [2.45, 2.75) is 96.1 Å². The maximum absolute atomic E-state index is 6.36. The minimum absolute atomic E-state index is 0.0372. The lowest BCUT2D eigenvalue weighted by Gasteiger charge is -2.28. The molecule has 1 aliphatic heterocycles. The van der Waals surface area contributed by atoms with Crippen LogP contribution in [0.5, 0.6) is 0 Å². The van der Waals surface area contributed by atoms with Crippen molar-refractivity contribution in [2.75, 3.05) is 33.0 Å². The highest BCUT2D eigenvalue weighted by Crippen LogP contribution is 2.34. The van der Waals surface area contributed by atoms with Crippen LogP contribution in [-0.4, -0.2) is 51.0 Å². The van der Waals surface area contributed by atoms with Crippen molar-refractivity contribution >= 4 is 0 Å². The van der Waals surface area contributed by atoms with Gasteiger partial charge in [0.2, 0.25) is 0 Å². The predicted octanol–water partition coefficient (Wildman–Crippen LogP) is 5.31. The van der Waals surface area contributed by atoms with Crippen LogP contribution in [0.4, 0.5) is 0 Å². The van der Waals surface area contributed by atoms with E-state index < -0.39 is 5.79 Å². The molecule has 0 N–H and O–H groups in total. The zero-order chi connectivity index (χ0) is 20.5. The van der Waals surface area contributed by atoms with Gasteiger partial charge in [-0.25, -0.2) is 0 Å². The molecule has 28 heavy (non-hydrogen) atoms. The molecule has 164 valence electrons. The van der Waals surface area contributed by atoms with Crippen molar-refractivity contribution in [1.29, 1.82) is 0 Å². The molecule has 1 aliphatic rings. The van der Waals surface area contributed by atoms with E-state index in [0.29, 0.717) is 33.0 Å². The van der Waals surface area contributed by atoms with Crippen LogP contribution in [0, 0.1) is 7.11 Å². The van der Waals surface area contributed by atoms with Crippen LogP contribution in [0.25, 0.3) is 0 Å². The van der Waals surface area contributed by atoms with Crippen LogP contribution < -0.4 is 0 Å². The van der Waals surface area contributed by atoms with Crippen LogP contribution >= 0.6 is 0 Å². The molecule has 1 saturated heterocycles. The second-order valence-corrected chi connectivity index (χ2v) is 7.70. The van der Waals surface area contributed by atoms with Crippen LogP contribution in [0.15, 0.2) is 12.7 Å². The highest BCUT2D eigenvalue weighted by molar-refractivity contribution is 4.80. The van der Waals surface area contributed by atoms with Crippen LogP contribution in [0.3, 0.4) is 0 Å². The molecule has 0 aliphatic carbocycles. The smallest absolute Gasteiger partial charge is 0.169 e. The van der Waals surface area contributed by atoms with E-state index in [0.717, 1.165) is 25.7 Å². The third kappa shape index (κ3) is 10.9. The minimum atomic E-state index is -0.424. The summed E-state index contributed by atoms with van der Waals surface area (Å²) >= 11 is 0. The SMILES string of the molecule is [CH]OC(COCC=C)COCC1COC(CCCCCC)(CCCCCC)O1. The van der Waals surface area contributed by atoms with Crippen molar-refractivity contribution in [2.24, 2.45) is 0 Å². The number of hydrogen-bond donors (Lipinski definition) is 0. The highest BCUT2D eigenvalue weighted by Gasteiger charge is 2.40. The summed E-state index contributed by atoms with van der Waals surface area (Å²) in [6.07, 6.45) is 13.1. The molecule has 1 fully saturated rings. The Kier molecular flexibility index (Phi) is 14.9. The zero-order valence-electron chi connectivity index (χ0n) is 18.2. The van der Waals surface area contributed by atoms with Gasteiger partial charge in [0.25, 0.3) is 0 Å². The van der Waals surface area contributed by atoms with Crippen molar-refractivity contribution in [3.05, 3.63) is 19.8 Å². The van der Waals surface area contributed by atoms with Crippen LogP contribution in [0.2, 0.25) is 0 Å². The monoisotopic (exact) mass is 398 g/mol. The number of unbranched alkanes of at least 4 members (excludes halogenated alkanes) is 6. The maximum atomic E-state index is 6.36. The summed E-state index contributed by atoms with van der Waals surface area (Å²) in [6, 6.07) is 0. The molecule has 2 atom stereocenters. The summed E-state index contributed by atoms with van der Waals surface area (Å²) in [5.41, 5.74) is 0. The summed E-state index contributed by atoms with van der Waals surface area (Å²) in [7, 11) is 5.31. The van der Waals surface area contributed by atoms with E-state index in [1.54, 1.807) is 6.08 Å². The third-order valence-corrected chi connectivity index (χ3v) is 5.08. The summed E-state index contributed by atoms with van der Waals surface area (Å²) in [5.74, 6) is -0.424. The summed E-state index contributed by atoms with van der Waals surface area (Å²) in [6.45, 7) is 10.4. The Hall–Kier alpha value is -0.460. The average molecular weight is 399 g/mol. The third-order valence-electron chi connectivity index (χ3n) is 5.08. The van der Waals surface area contributed by atoms with Gasteiger partial charge in [-0.3, -0.25) is 0 Å². The van der Waals surface area contributed by atoms with E-state index in [1.807, 2.05) is 0 Å². The fourth-order valence-electron chi connectivity index (χ4n) is 3.47. The Bertz CT molecular complexity index is 362. The Labute approximate surface area is 173 Å². The molecule has 2 radical (unpaired) electrons. The molecule has 5 nitrogen and oxygen atoms in total. The maximum Gasteiger partial charge on any atom is 0.169 e. The van der Waals surface area contributed by atoms with Gasteiger partial charge >= 0.3 is 0 Å². The first kappa shape index (κ1) is 25.6. The lowest BCUT2D eigenvalue weighted by atomic mass is 10.00. The van der Waals surface area contributed by atoms with Gasteiger partial charge in [-0.1, -0.05) is 58.4 Å². The lowest BCUT2D eigenvalue weighted by molar-refractivity contribution is -0.185. The van der Waals surface area contributed by atoms with E-state index in [-0.39, 0.29) is 12.2 Å². The van der Waals surface area contributed by atoms with E-state index in [4.69, 9.17) is 30.8 Å². The van der Waals surface area contributed by atoms with Crippen LogP contribution in [-0.2, 0) is 23.7 Å².